The van der Waals surface area contributed by atoms with Gasteiger partial charge in [-0.15, -0.1) is 0 Å². The van der Waals surface area contributed by atoms with E-state index in [0.29, 0.717) is 27.4 Å². The Morgan fingerprint density at radius 3 is 2.59 bits per heavy atom. The van der Waals surface area contributed by atoms with E-state index in [9.17, 15) is 9.59 Å². The molecule has 3 aromatic carbocycles. The number of nitrogens with zero attached hydrogens (tertiary/aromatic N) is 1. The quantitative estimate of drug-likeness (QED) is 0.325. The van der Waals surface area contributed by atoms with Crippen molar-refractivity contribution in [2.24, 2.45) is 0 Å². The number of benzene rings is 3. The van der Waals surface area contributed by atoms with Gasteiger partial charge in [0.1, 0.15) is 5.58 Å². The fourth-order valence-electron chi connectivity index (χ4n) is 3.28. The van der Waals surface area contributed by atoms with Crippen molar-refractivity contribution in [3.8, 4) is 0 Å². The molecule has 0 saturated carbocycles. The lowest BCUT2D eigenvalue weighted by Gasteiger charge is -2.12. The first-order valence-corrected chi connectivity index (χ1v) is 6.97. The van der Waals surface area contributed by atoms with Crippen molar-refractivity contribution in [2.45, 2.75) is 0 Å². The van der Waals surface area contributed by atoms with Crippen LogP contribution in [0.2, 0.25) is 0 Å². The predicted molar refractivity (Wildman–Crippen MR) is 85.9 cm³/mol. The van der Waals surface area contributed by atoms with Gasteiger partial charge in [0.25, 0.3) is 0 Å². The fourth-order valence-corrected chi connectivity index (χ4v) is 3.28. The van der Waals surface area contributed by atoms with E-state index in [2.05, 4.69) is 0 Å². The standard InChI is InChI=1S/C18H9NO3/c20-17-11-5-1-2-6-13(11)19-16-12(17)9-8-10-4-3-7-14(15(10)16)22-18(19)21/h1-9H. The molecular weight excluding hydrogens is 278 g/mol. The molecule has 2 heterocycles. The number of hydrogen-bond donors (Lipinski definition) is 0. The van der Waals surface area contributed by atoms with Gasteiger partial charge in [-0.3, -0.25) is 4.79 Å². The van der Waals surface area contributed by atoms with Crippen LogP contribution in [0.3, 0.4) is 0 Å². The maximum Gasteiger partial charge on any atom is 0.424 e. The predicted octanol–water partition coefficient (Wildman–Crippen LogP) is 3.15. The Morgan fingerprint density at radius 1 is 0.818 bits per heavy atom. The first-order valence-electron chi connectivity index (χ1n) is 6.97. The summed E-state index contributed by atoms with van der Waals surface area (Å²) >= 11 is 0. The highest BCUT2D eigenvalue weighted by Gasteiger charge is 2.16. The molecule has 104 valence electrons. The number of pyridine rings is 1. The van der Waals surface area contributed by atoms with Crippen LogP contribution in [0.25, 0.3) is 38.2 Å². The Hall–Kier alpha value is -3.14. The lowest BCUT2D eigenvalue weighted by atomic mass is 10.0. The molecule has 4 heteroatoms. The van der Waals surface area contributed by atoms with Crippen molar-refractivity contribution >= 4 is 38.2 Å². The van der Waals surface area contributed by atoms with Gasteiger partial charge in [0, 0.05) is 16.2 Å². The maximum absolute atomic E-state index is 12.8. The van der Waals surface area contributed by atoms with Gasteiger partial charge in [-0.1, -0.05) is 30.3 Å². The molecule has 0 aliphatic carbocycles. The van der Waals surface area contributed by atoms with E-state index < -0.39 is 5.76 Å². The maximum atomic E-state index is 12.8. The van der Waals surface area contributed by atoms with Gasteiger partial charge in [0.15, 0.2) is 5.43 Å². The molecule has 2 aromatic heterocycles. The number of aromatic nitrogens is 1. The number of rotatable bonds is 0. The van der Waals surface area contributed by atoms with Crippen LogP contribution >= 0.6 is 0 Å². The molecule has 0 aliphatic rings. The summed E-state index contributed by atoms with van der Waals surface area (Å²) in [7, 11) is 0. The molecular formula is C18H9NO3. The average Bonchev–Trinajstić information content (AvgIpc) is 2.55. The molecule has 5 aromatic rings. The average molecular weight is 287 g/mol. The van der Waals surface area contributed by atoms with Gasteiger partial charge >= 0.3 is 5.76 Å². The summed E-state index contributed by atoms with van der Waals surface area (Å²) in [4.78, 5) is 25.2. The van der Waals surface area contributed by atoms with Crippen molar-refractivity contribution in [3.05, 3.63) is 75.4 Å². The molecule has 0 unspecified atom stereocenters. The van der Waals surface area contributed by atoms with Gasteiger partial charge in [-0.25, -0.2) is 9.20 Å². The highest BCUT2D eigenvalue weighted by molar-refractivity contribution is 6.14. The van der Waals surface area contributed by atoms with Crippen molar-refractivity contribution in [1.82, 2.24) is 4.40 Å². The Balaban J connectivity index is 2.35. The van der Waals surface area contributed by atoms with Crippen LogP contribution in [0.4, 0.5) is 0 Å². The SMILES string of the molecule is O=c1c2ccccc2n2c(=O)oc3cccc4ccc1c2c43. The van der Waals surface area contributed by atoms with Crippen molar-refractivity contribution < 1.29 is 4.42 Å². The number of hydrogen-bond acceptors (Lipinski definition) is 3. The molecule has 0 radical (unpaired) electrons. The summed E-state index contributed by atoms with van der Waals surface area (Å²) in [5, 5.41) is 2.81. The van der Waals surface area contributed by atoms with E-state index in [4.69, 9.17) is 4.42 Å². The largest absolute Gasteiger partial charge is 0.424 e. The highest BCUT2D eigenvalue weighted by atomic mass is 16.4. The molecule has 0 aliphatic heterocycles. The first-order chi connectivity index (χ1) is 10.8. The van der Waals surface area contributed by atoms with Gasteiger partial charge in [-0.2, -0.15) is 0 Å². The van der Waals surface area contributed by atoms with E-state index in [1.54, 1.807) is 30.3 Å². The van der Waals surface area contributed by atoms with Crippen LogP contribution in [-0.4, -0.2) is 4.40 Å². The van der Waals surface area contributed by atoms with Crippen molar-refractivity contribution in [3.63, 3.8) is 0 Å². The van der Waals surface area contributed by atoms with Crippen LogP contribution in [0.1, 0.15) is 0 Å². The van der Waals surface area contributed by atoms with E-state index in [1.165, 1.54) is 4.40 Å². The Labute approximate surface area is 123 Å². The molecule has 0 fully saturated rings. The molecule has 22 heavy (non-hydrogen) atoms. The van der Waals surface area contributed by atoms with E-state index in [1.807, 2.05) is 24.3 Å². The lowest BCUT2D eigenvalue weighted by molar-refractivity contribution is 0.525. The van der Waals surface area contributed by atoms with Crippen LogP contribution in [0, 0.1) is 0 Å². The van der Waals surface area contributed by atoms with E-state index in [0.717, 1.165) is 10.8 Å². The smallest absolute Gasteiger partial charge is 0.409 e. The van der Waals surface area contributed by atoms with Gasteiger partial charge in [0.2, 0.25) is 0 Å². The molecule has 0 spiro atoms. The third-order valence-electron chi connectivity index (χ3n) is 4.22. The molecule has 5 rings (SSSR count). The number of para-hydroxylation sites is 1. The fraction of sp³-hybridized carbons (Fsp3) is 0. The molecule has 0 atom stereocenters. The zero-order valence-corrected chi connectivity index (χ0v) is 11.4. The normalized spacial score (nSPS) is 12.0. The third-order valence-corrected chi connectivity index (χ3v) is 4.22. The van der Waals surface area contributed by atoms with Crippen molar-refractivity contribution in [1.29, 1.82) is 0 Å². The van der Waals surface area contributed by atoms with Crippen LogP contribution in [0.5, 0.6) is 0 Å². The third kappa shape index (κ3) is 1.22. The summed E-state index contributed by atoms with van der Waals surface area (Å²) in [6.45, 7) is 0. The van der Waals surface area contributed by atoms with E-state index in [-0.39, 0.29) is 5.43 Å². The first kappa shape index (κ1) is 11.5. The second-order valence-corrected chi connectivity index (χ2v) is 5.37. The van der Waals surface area contributed by atoms with Crippen LogP contribution in [-0.2, 0) is 0 Å². The van der Waals surface area contributed by atoms with Crippen molar-refractivity contribution in [2.75, 3.05) is 0 Å². The molecule has 0 amide bonds. The van der Waals surface area contributed by atoms with Crippen LogP contribution in [0.15, 0.2) is 68.6 Å². The summed E-state index contributed by atoms with van der Waals surface area (Å²) in [5.41, 5.74) is 1.65. The van der Waals surface area contributed by atoms with Crippen LogP contribution < -0.4 is 11.2 Å². The molecule has 0 bridgehead atoms. The molecule has 0 saturated heterocycles. The second-order valence-electron chi connectivity index (χ2n) is 5.37. The summed E-state index contributed by atoms with van der Waals surface area (Å²) < 4.78 is 6.97. The van der Waals surface area contributed by atoms with E-state index >= 15 is 0 Å². The number of fused-ring (bicyclic) bond motifs is 2. The minimum absolute atomic E-state index is 0.0618. The summed E-state index contributed by atoms with van der Waals surface area (Å²) in [6, 6.07) is 16.3. The molecule has 0 N–H and O–H groups in total. The lowest BCUT2D eigenvalue weighted by Crippen LogP contribution is -2.18. The minimum Gasteiger partial charge on any atom is -0.409 e. The van der Waals surface area contributed by atoms with Gasteiger partial charge < -0.3 is 4.42 Å². The Bertz CT molecular complexity index is 1310. The summed E-state index contributed by atoms with van der Waals surface area (Å²) in [5.74, 6) is -0.479. The van der Waals surface area contributed by atoms with Gasteiger partial charge in [0.05, 0.1) is 11.0 Å². The minimum atomic E-state index is -0.479. The molecule has 4 nitrogen and oxygen atoms in total. The topological polar surface area (TPSA) is 51.7 Å². The highest BCUT2D eigenvalue weighted by Crippen LogP contribution is 2.29. The Kier molecular flexibility index (Phi) is 1.96. The monoisotopic (exact) mass is 287 g/mol. The zero-order valence-electron chi connectivity index (χ0n) is 11.4. The van der Waals surface area contributed by atoms with Gasteiger partial charge in [-0.05, 0) is 29.7 Å². The zero-order chi connectivity index (χ0) is 14.8. The Morgan fingerprint density at radius 2 is 1.68 bits per heavy atom. The second kappa shape index (κ2) is 3.74. The summed E-state index contributed by atoms with van der Waals surface area (Å²) in [6.07, 6.45) is 0.